The van der Waals surface area contributed by atoms with E-state index in [2.05, 4.69) is 10.3 Å². The van der Waals surface area contributed by atoms with Crippen molar-refractivity contribution < 1.29 is 4.74 Å². The molecule has 0 spiro atoms. The zero-order chi connectivity index (χ0) is 11.0. The Labute approximate surface area is 98.5 Å². The summed E-state index contributed by atoms with van der Waals surface area (Å²) in [5.74, 6) is 1.65. The molecule has 0 unspecified atom stereocenters. The molecule has 0 aliphatic carbocycles. The van der Waals surface area contributed by atoms with Crippen molar-refractivity contribution in [3.63, 3.8) is 0 Å². The molecule has 0 radical (unpaired) electrons. The third kappa shape index (κ3) is 1.79. The van der Waals surface area contributed by atoms with Gasteiger partial charge in [0.25, 0.3) is 0 Å². The zero-order valence-electron chi connectivity index (χ0n) is 9.19. The highest BCUT2D eigenvalue weighted by Crippen LogP contribution is 2.31. The Morgan fingerprint density at radius 2 is 2.38 bits per heavy atom. The standard InChI is InChI=1S/C12H14N2OS/c1-8-14-10-3-2-4-11(12(10)16-8)15-7-9-5-13-6-9/h2-4,9,13H,5-7H2,1H3. The van der Waals surface area contributed by atoms with E-state index in [1.807, 2.05) is 25.1 Å². The quantitative estimate of drug-likeness (QED) is 0.884. The van der Waals surface area contributed by atoms with Gasteiger partial charge in [0.15, 0.2) is 0 Å². The van der Waals surface area contributed by atoms with E-state index in [0.717, 1.165) is 36.0 Å². The third-order valence-corrected chi connectivity index (χ3v) is 3.83. The Morgan fingerprint density at radius 3 is 3.12 bits per heavy atom. The highest BCUT2D eigenvalue weighted by molar-refractivity contribution is 7.18. The molecule has 1 aliphatic heterocycles. The van der Waals surface area contributed by atoms with Crippen LogP contribution in [0.2, 0.25) is 0 Å². The summed E-state index contributed by atoms with van der Waals surface area (Å²) in [4.78, 5) is 4.46. The number of thiazole rings is 1. The number of hydrogen-bond donors (Lipinski definition) is 1. The normalized spacial score (nSPS) is 16.3. The number of nitrogens with one attached hydrogen (secondary N) is 1. The van der Waals surface area contributed by atoms with Crippen LogP contribution in [0.4, 0.5) is 0 Å². The molecule has 0 saturated carbocycles. The maximum atomic E-state index is 5.87. The van der Waals surface area contributed by atoms with Gasteiger partial charge in [-0.1, -0.05) is 6.07 Å². The van der Waals surface area contributed by atoms with Crippen LogP contribution in [0.5, 0.6) is 5.75 Å². The molecule has 3 nitrogen and oxygen atoms in total. The first-order valence-corrected chi connectivity index (χ1v) is 6.34. The molecular formula is C12H14N2OS. The van der Waals surface area contributed by atoms with Gasteiger partial charge in [-0.05, 0) is 19.1 Å². The molecule has 1 N–H and O–H groups in total. The van der Waals surface area contributed by atoms with Crippen LogP contribution in [0.25, 0.3) is 10.2 Å². The molecule has 4 heteroatoms. The van der Waals surface area contributed by atoms with Crippen molar-refractivity contribution in [3.8, 4) is 5.75 Å². The minimum absolute atomic E-state index is 0.671. The Balaban J connectivity index is 1.84. The number of fused-ring (bicyclic) bond motifs is 1. The molecule has 2 heterocycles. The van der Waals surface area contributed by atoms with Crippen molar-refractivity contribution in [2.75, 3.05) is 19.7 Å². The monoisotopic (exact) mass is 234 g/mol. The van der Waals surface area contributed by atoms with Gasteiger partial charge in [-0.3, -0.25) is 0 Å². The van der Waals surface area contributed by atoms with Crippen molar-refractivity contribution in [3.05, 3.63) is 23.2 Å². The van der Waals surface area contributed by atoms with Gasteiger partial charge in [-0.2, -0.15) is 0 Å². The Morgan fingerprint density at radius 1 is 1.50 bits per heavy atom. The van der Waals surface area contributed by atoms with E-state index >= 15 is 0 Å². The lowest BCUT2D eigenvalue weighted by Gasteiger charge is -2.26. The third-order valence-electron chi connectivity index (χ3n) is 2.83. The Kier molecular flexibility index (Phi) is 2.53. The molecule has 1 aromatic heterocycles. The van der Waals surface area contributed by atoms with Gasteiger partial charge in [-0.15, -0.1) is 11.3 Å². The zero-order valence-corrected chi connectivity index (χ0v) is 10.0. The van der Waals surface area contributed by atoms with Crippen molar-refractivity contribution in [1.82, 2.24) is 10.3 Å². The van der Waals surface area contributed by atoms with Gasteiger partial charge >= 0.3 is 0 Å². The largest absolute Gasteiger partial charge is 0.492 e. The summed E-state index contributed by atoms with van der Waals surface area (Å²) >= 11 is 1.70. The van der Waals surface area contributed by atoms with Crippen LogP contribution in [0.1, 0.15) is 5.01 Å². The number of hydrogen-bond acceptors (Lipinski definition) is 4. The smallest absolute Gasteiger partial charge is 0.138 e. The second kappa shape index (κ2) is 4.03. The molecule has 1 saturated heterocycles. The molecule has 84 valence electrons. The predicted molar refractivity (Wildman–Crippen MR) is 66.2 cm³/mol. The number of rotatable bonds is 3. The van der Waals surface area contributed by atoms with E-state index in [0.29, 0.717) is 5.92 Å². The van der Waals surface area contributed by atoms with Gasteiger partial charge in [0.1, 0.15) is 5.75 Å². The van der Waals surface area contributed by atoms with Crippen LogP contribution in [-0.4, -0.2) is 24.7 Å². The van der Waals surface area contributed by atoms with Crippen molar-refractivity contribution >= 4 is 21.6 Å². The molecule has 3 rings (SSSR count). The average molecular weight is 234 g/mol. The van der Waals surface area contributed by atoms with E-state index < -0.39 is 0 Å². The minimum atomic E-state index is 0.671. The van der Waals surface area contributed by atoms with Crippen molar-refractivity contribution in [1.29, 1.82) is 0 Å². The average Bonchev–Trinajstić information content (AvgIpc) is 2.56. The predicted octanol–water partition coefficient (Wildman–Crippen LogP) is 2.20. The molecule has 0 bridgehead atoms. The molecule has 0 amide bonds. The van der Waals surface area contributed by atoms with E-state index in [4.69, 9.17) is 4.74 Å². The summed E-state index contributed by atoms with van der Waals surface area (Å²) in [6, 6.07) is 6.08. The number of nitrogens with zero attached hydrogens (tertiary/aromatic N) is 1. The van der Waals surface area contributed by atoms with Crippen LogP contribution in [0.15, 0.2) is 18.2 Å². The molecule has 0 atom stereocenters. The van der Waals surface area contributed by atoms with E-state index in [9.17, 15) is 0 Å². The SMILES string of the molecule is Cc1nc2cccc(OCC3CNC3)c2s1. The minimum Gasteiger partial charge on any atom is -0.492 e. The van der Waals surface area contributed by atoms with Crippen LogP contribution in [0.3, 0.4) is 0 Å². The number of aromatic nitrogens is 1. The van der Waals surface area contributed by atoms with E-state index in [1.165, 1.54) is 4.70 Å². The molecular weight excluding hydrogens is 220 g/mol. The summed E-state index contributed by atoms with van der Waals surface area (Å²) in [6.45, 7) is 5.00. The Hall–Kier alpha value is -1.13. The summed E-state index contributed by atoms with van der Waals surface area (Å²) in [5, 5.41) is 4.34. The van der Waals surface area contributed by atoms with Gasteiger partial charge in [0.2, 0.25) is 0 Å². The maximum absolute atomic E-state index is 5.87. The first-order chi connectivity index (χ1) is 7.83. The second-order valence-electron chi connectivity index (χ2n) is 4.17. The molecule has 1 aliphatic rings. The lowest BCUT2D eigenvalue weighted by atomic mass is 10.1. The number of aryl methyl sites for hydroxylation is 1. The van der Waals surface area contributed by atoms with Gasteiger partial charge in [0.05, 0.1) is 21.8 Å². The maximum Gasteiger partial charge on any atom is 0.138 e. The number of ether oxygens (including phenoxy) is 1. The molecule has 2 aromatic rings. The second-order valence-corrected chi connectivity index (χ2v) is 5.38. The van der Waals surface area contributed by atoms with E-state index in [-0.39, 0.29) is 0 Å². The van der Waals surface area contributed by atoms with Crippen LogP contribution >= 0.6 is 11.3 Å². The summed E-state index contributed by atoms with van der Waals surface area (Å²) < 4.78 is 7.04. The fraction of sp³-hybridized carbons (Fsp3) is 0.417. The summed E-state index contributed by atoms with van der Waals surface area (Å²) in [7, 11) is 0. The van der Waals surface area contributed by atoms with Crippen LogP contribution in [0, 0.1) is 12.8 Å². The Bertz CT molecular complexity index is 505. The first kappa shape index (κ1) is 10.1. The van der Waals surface area contributed by atoms with Gasteiger partial charge < -0.3 is 10.1 Å². The summed E-state index contributed by atoms with van der Waals surface area (Å²) in [5.41, 5.74) is 1.05. The lowest BCUT2D eigenvalue weighted by molar-refractivity contribution is 0.201. The van der Waals surface area contributed by atoms with Crippen LogP contribution < -0.4 is 10.1 Å². The molecule has 16 heavy (non-hydrogen) atoms. The van der Waals surface area contributed by atoms with Gasteiger partial charge in [-0.25, -0.2) is 4.98 Å². The van der Waals surface area contributed by atoms with Crippen LogP contribution in [-0.2, 0) is 0 Å². The molecule has 1 fully saturated rings. The summed E-state index contributed by atoms with van der Waals surface area (Å²) in [6.07, 6.45) is 0. The fourth-order valence-electron chi connectivity index (χ4n) is 1.82. The lowest BCUT2D eigenvalue weighted by Crippen LogP contribution is -2.45. The highest BCUT2D eigenvalue weighted by Gasteiger charge is 2.17. The first-order valence-electron chi connectivity index (χ1n) is 5.52. The van der Waals surface area contributed by atoms with E-state index in [1.54, 1.807) is 11.3 Å². The molecule has 1 aromatic carbocycles. The van der Waals surface area contributed by atoms with Crippen molar-refractivity contribution in [2.45, 2.75) is 6.92 Å². The number of benzene rings is 1. The topological polar surface area (TPSA) is 34.1 Å². The van der Waals surface area contributed by atoms with Crippen molar-refractivity contribution in [2.24, 2.45) is 5.92 Å². The fourth-order valence-corrected chi connectivity index (χ4v) is 2.71. The van der Waals surface area contributed by atoms with Gasteiger partial charge in [0, 0.05) is 19.0 Å². The highest BCUT2D eigenvalue weighted by atomic mass is 32.1.